The molecule has 1 aliphatic heterocycles. The zero-order valence-corrected chi connectivity index (χ0v) is 15.2. The molecule has 26 heavy (non-hydrogen) atoms. The number of hydrogen-bond acceptors (Lipinski definition) is 4. The number of nitrogens with zero attached hydrogens (tertiary/aromatic N) is 2. The number of halogens is 1. The van der Waals surface area contributed by atoms with Crippen LogP contribution in [0, 0.1) is 5.92 Å². The minimum absolute atomic E-state index is 0.0846. The highest BCUT2D eigenvalue weighted by atomic mass is 35.5. The molecular formula is C19H20ClN3O3. The molecule has 2 heterocycles. The molecule has 0 aliphatic carbocycles. The molecule has 2 amide bonds. The summed E-state index contributed by atoms with van der Waals surface area (Å²) >= 11 is 6.13. The first kappa shape index (κ1) is 18.2. The minimum Gasteiger partial charge on any atom is -0.495 e. The fourth-order valence-corrected chi connectivity index (χ4v) is 3.23. The minimum atomic E-state index is -0.364. The topological polar surface area (TPSA) is 71.5 Å². The van der Waals surface area contributed by atoms with Crippen LogP contribution in [0.15, 0.2) is 42.7 Å². The Morgan fingerprint density at radius 3 is 2.96 bits per heavy atom. The monoisotopic (exact) mass is 373 g/mol. The smallest absolute Gasteiger partial charge is 0.227 e. The number of hydrogen-bond donors (Lipinski definition) is 1. The van der Waals surface area contributed by atoms with Crippen molar-refractivity contribution in [2.75, 3.05) is 25.1 Å². The molecule has 1 aliphatic rings. The number of aromatic nitrogens is 1. The van der Waals surface area contributed by atoms with Gasteiger partial charge < -0.3 is 15.0 Å². The molecule has 6 nitrogen and oxygen atoms in total. The molecule has 1 atom stereocenters. The molecular weight excluding hydrogens is 354 g/mol. The lowest BCUT2D eigenvalue weighted by molar-refractivity contribution is -0.126. The third-order valence-electron chi connectivity index (χ3n) is 4.38. The molecule has 1 aromatic heterocycles. The summed E-state index contributed by atoms with van der Waals surface area (Å²) in [6.45, 7) is 0.865. The van der Waals surface area contributed by atoms with Gasteiger partial charge in [0.05, 0.1) is 18.1 Å². The zero-order valence-electron chi connectivity index (χ0n) is 14.4. The predicted molar refractivity (Wildman–Crippen MR) is 99.4 cm³/mol. The lowest BCUT2D eigenvalue weighted by Gasteiger charge is -2.17. The van der Waals surface area contributed by atoms with E-state index in [1.165, 1.54) is 7.11 Å². The lowest BCUT2D eigenvalue weighted by Crippen LogP contribution is -2.34. The highest BCUT2D eigenvalue weighted by molar-refractivity contribution is 6.32. The van der Waals surface area contributed by atoms with Gasteiger partial charge in [0.1, 0.15) is 5.75 Å². The summed E-state index contributed by atoms with van der Waals surface area (Å²) in [5, 5.41) is 3.34. The molecule has 1 aromatic carbocycles. The van der Waals surface area contributed by atoms with E-state index in [-0.39, 0.29) is 24.2 Å². The highest BCUT2D eigenvalue weighted by Crippen LogP contribution is 2.32. The number of carbonyl (C=O) groups is 2. The average molecular weight is 374 g/mol. The van der Waals surface area contributed by atoms with Crippen molar-refractivity contribution >= 4 is 29.1 Å². The van der Waals surface area contributed by atoms with Crippen LogP contribution in [0.4, 0.5) is 5.69 Å². The number of pyridine rings is 1. The fraction of sp³-hybridized carbons (Fsp3) is 0.316. The van der Waals surface area contributed by atoms with Crippen molar-refractivity contribution in [1.82, 2.24) is 10.3 Å². The maximum Gasteiger partial charge on any atom is 0.227 e. The molecule has 2 aromatic rings. The first-order valence-corrected chi connectivity index (χ1v) is 8.77. The Morgan fingerprint density at radius 2 is 2.27 bits per heavy atom. The summed E-state index contributed by atoms with van der Waals surface area (Å²) in [6.07, 6.45) is 4.40. The highest BCUT2D eigenvalue weighted by Gasteiger charge is 2.35. The summed E-state index contributed by atoms with van der Waals surface area (Å²) in [5.41, 5.74) is 1.73. The van der Waals surface area contributed by atoms with Crippen LogP contribution in [0.1, 0.15) is 12.0 Å². The van der Waals surface area contributed by atoms with E-state index in [9.17, 15) is 9.59 Å². The van der Waals surface area contributed by atoms with E-state index in [1.807, 2.05) is 12.1 Å². The molecule has 3 rings (SSSR count). The second-order valence-electron chi connectivity index (χ2n) is 6.13. The van der Waals surface area contributed by atoms with Crippen molar-refractivity contribution in [1.29, 1.82) is 0 Å². The Kier molecular flexibility index (Phi) is 5.73. The van der Waals surface area contributed by atoms with Crippen LogP contribution < -0.4 is 15.0 Å². The second kappa shape index (κ2) is 8.19. The van der Waals surface area contributed by atoms with Crippen LogP contribution in [-0.4, -0.2) is 37.0 Å². The van der Waals surface area contributed by atoms with Gasteiger partial charge in [-0.1, -0.05) is 17.7 Å². The zero-order chi connectivity index (χ0) is 18.5. The maximum atomic E-state index is 12.4. The van der Waals surface area contributed by atoms with Gasteiger partial charge in [0.25, 0.3) is 0 Å². The van der Waals surface area contributed by atoms with E-state index < -0.39 is 0 Å². The van der Waals surface area contributed by atoms with Gasteiger partial charge in [-0.25, -0.2) is 0 Å². The largest absolute Gasteiger partial charge is 0.495 e. The standard InChI is InChI=1S/C19H20ClN3O3/c1-26-17-5-4-15(10-16(17)20)23-12-14(9-18(23)24)19(25)22-8-6-13-3-2-7-21-11-13/h2-5,7,10-11,14H,6,8-9,12H2,1H3,(H,22,25)/t14-/m0/s1. The number of methoxy groups -OCH3 is 1. The molecule has 0 saturated carbocycles. The van der Waals surface area contributed by atoms with E-state index in [4.69, 9.17) is 16.3 Å². The fourth-order valence-electron chi connectivity index (χ4n) is 2.98. The summed E-state index contributed by atoms with van der Waals surface area (Å²) in [5.74, 6) is -0.00738. The Hall–Kier alpha value is -2.60. The molecule has 0 unspecified atom stereocenters. The summed E-state index contributed by atoms with van der Waals surface area (Å²) in [6, 6.07) is 9.00. The lowest BCUT2D eigenvalue weighted by atomic mass is 10.1. The Balaban J connectivity index is 1.56. The summed E-state index contributed by atoms with van der Waals surface area (Å²) in [7, 11) is 1.54. The molecule has 1 N–H and O–H groups in total. The van der Waals surface area contributed by atoms with E-state index >= 15 is 0 Å². The van der Waals surface area contributed by atoms with Gasteiger partial charge in [0, 0.05) is 37.6 Å². The first-order valence-electron chi connectivity index (χ1n) is 8.39. The number of anilines is 1. The molecule has 7 heteroatoms. The van der Waals surface area contributed by atoms with Crippen molar-refractivity contribution in [2.24, 2.45) is 5.92 Å². The van der Waals surface area contributed by atoms with E-state index in [1.54, 1.807) is 35.5 Å². The quantitative estimate of drug-likeness (QED) is 0.844. The van der Waals surface area contributed by atoms with E-state index in [2.05, 4.69) is 10.3 Å². The first-order chi connectivity index (χ1) is 12.6. The van der Waals surface area contributed by atoms with Crippen LogP contribution in [0.5, 0.6) is 5.75 Å². The van der Waals surface area contributed by atoms with Crippen LogP contribution in [-0.2, 0) is 16.0 Å². The molecule has 0 bridgehead atoms. The van der Waals surface area contributed by atoms with Gasteiger partial charge in [-0.2, -0.15) is 0 Å². The van der Waals surface area contributed by atoms with Crippen molar-refractivity contribution in [3.05, 3.63) is 53.3 Å². The van der Waals surface area contributed by atoms with Crippen LogP contribution in [0.25, 0.3) is 0 Å². The molecule has 0 radical (unpaired) electrons. The van der Waals surface area contributed by atoms with Crippen molar-refractivity contribution in [3.8, 4) is 5.75 Å². The summed E-state index contributed by atoms with van der Waals surface area (Å²) in [4.78, 5) is 30.3. The molecule has 1 fully saturated rings. The number of nitrogens with one attached hydrogen (secondary N) is 1. The third-order valence-corrected chi connectivity index (χ3v) is 4.67. The number of rotatable bonds is 6. The normalized spacial score (nSPS) is 16.6. The molecule has 136 valence electrons. The van der Waals surface area contributed by atoms with Crippen LogP contribution in [0.3, 0.4) is 0 Å². The number of carbonyl (C=O) groups excluding carboxylic acids is 2. The molecule has 0 spiro atoms. The Labute approximate surface area is 157 Å². The van der Waals surface area contributed by atoms with Crippen molar-refractivity contribution in [3.63, 3.8) is 0 Å². The van der Waals surface area contributed by atoms with E-state index in [0.29, 0.717) is 36.0 Å². The predicted octanol–water partition coefficient (Wildman–Crippen LogP) is 2.46. The van der Waals surface area contributed by atoms with Gasteiger partial charge >= 0.3 is 0 Å². The Morgan fingerprint density at radius 1 is 1.42 bits per heavy atom. The number of ether oxygens (including phenoxy) is 1. The average Bonchev–Trinajstić information content (AvgIpc) is 3.04. The van der Waals surface area contributed by atoms with Crippen molar-refractivity contribution < 1.29 is 14.3 Å². The summed E-state index contributed by atoms with van der Waals surface area (Å²) < 4.78 is 5.13. The maximum absolute atomic E-state index is 12.4. The van der Waals surface area contributed by atoms with E-state index in [0.717, 1.165) is 5.56 Å². The van der Waals surface area contributed by atoms with Crippen LogP contribution in [0.2, 0.25) is 5.02 Å². The number of amides is 2. The third kappa shape index (κ3) is 4.14. The Bertz CT molecular complexity index is 798. The molecule has 1 saturated heterocycles. The van der Waals surface area contributed by atoms with Crippen LogP contribution >= 0.6 is 11.6 Å². The second-order valence-corrected chi connectivity index (χ2v) is 6.53. The van der Waals surface area contributed by atoms with Crippen molar-refractivity contribution in [2.45, 2.75) is 12.8 Å². The SMILES string of the molecule is COc1ccc(N2C[C@@H](C(=O)NCCc3cccnc3)CC2=O)cc1Cl. The van der Waals surface area contributed by atoms with Gasteiger partial charge in [0.15, 0.2) is 0 Å². The van der Waals surface area contributed by atoms with Gasteiger partial charge in [-0.05, 0) is 36.2 Å². The van der Waals surface area contributed by atoms with Gasteiger partial charge in [0.2, 0.25) is 11.8 Å². The van der Waals surface area contributed by atoms with Gasteiger partial charge in [-0.3, -0.25) is 14.6 Å². The van der Waals surface area contributed by atoms with Gasteiger partial charge in [-0.15, -0.1) is 0 Å². The number of benzene rings is 1.